The Bertz CT molecular complexity index is 414. The molecule has 0 fully saturated rings. The largest absolute Gasteiger partial charge is 0.334 e. The van der Waals surface area contributed by atoms with E-state index < -0.39 is 0 Å². The number of halogens is 1. The second-order valence-corrected chi connectivity index (χ2v) is 3.75. The van der Waals surface area contributed by atoms with E-state index in [1.54, 1.807) is 31.2 Å². The van der Waals surface area contributed by atoms with Crippen molar-refractivity contribution < 1.29 is 4.79 Å². The van der Waals surface area contributed by atoms with E-state index >= 15 is 0 Å². The Hall–Kier alpha value is -1.73. The summed E-state index contributed by atoms with van der Waals surface area (Å²) in [4.78, 5) is 11.5. The number of hydrogen-bond acceptors (Lipinski definition) is 2. The Morgan fingerprint density at radius 3 is 2.88 bits per heavy atom. The predicted molar refractivity (Wildman–Crippen MR) is 63.3 cm³/mol. The van der Waals surface area contributed by atoms with E-state index in [0.717, 1.165) is 0 Å². The summed E-state index contributed by atoms with van der Waals surface area (Å²) in [7, 11) is 0. The molecule has 4 nitrogen and oxygen atoms in total. The van der Waals surface area contributed by atoms with E-state index in [2.05, 4.69) is 10.6 Å². The smallest absolute Gasteiger partial charge is 0.319 e. The standard InChI is InChI=1S/C11H12ClN3O/c1-8(6-7-13)14-11(16)15-10-5-3-2-4-9(10)12/h2-5,8H,6H2,1H3,(H2,14,15,16). The molecule has 0 aliphatic carbocycles. The van der Waals surface area contributed by atoms with E-state index in [-0.39, 0.29) is 18.5 Å². The Kier molecular flexibility index (Phi) is 4.62. The molecule has 1 unspecified atom stereocenters. The third kappa shape index (κ3) is 3.79. The summed E-state index contributed by atoms with van der Waals surface area (Å²) >= 11 is 5.87. The highest BCUT2D eigenvalue weighted by Gasteiger charge is 2.07. The monoisotopic (exact) mass is 237 g/mol. The number of nitrogens with one attached hydrogen (secondary N) is 2. The summed E-state index contributed by atoms with van der Waals surface area (Å²) < 4.78 is 0. The van der Waals surface area contributed by atoms with Gasteiger partial charge in [0.2, 0.25) is 0 Å². The molecule has 0 aromatic heterocycles. The highest BCUT2D eigenvalue weighted by Crippen LogP contribution is 2.20. The molecule has 84 valence electrons. The van der Waals surface area contributed by atoms with Crippen LogP contribution < -0.4 is 10.6 Å². The number of benzene rings is 1. The molecule has 0 saturated heterocycles. The predicted octanol–water partition coefficient (Wildman–Crippen LogP) is 2.76. The van der Waals surface area contributed by atoms with Crippen LogP contribution in [0.4, 0.5) is 10.5 Å². The lowest BCUT2D eigenvalue weighted by molar-refractivity contribution is 0.249. The molecule has 0 aliphatic rings. The lowest BCUT2D eigenvalue weighted by atomic mass is 10.2. The van der Waals surface area contributed by atoms with Crippen molar-refractivity contribution in [3.8, 4) is 6.07 Å². The molecule has 16 heavy (non-hydrogen) atoms. The summed E-state index contributed by atoms with van der Waals surface area (Å²) in [6.45, 7) is 1.76. The number of carbonyl (C=O) groups is 1. The number of anilines is 1. The molecule has 0 bridgehead atoms. The van der Waals surface area contributed by atoms with Gasteiger partial charge in [-0.2, -0.15) is 5.26 Å². The summed E-state index contributed by atoms with van der Waals surface area (Å²) in [6, 6.07) is 8.38. The second-order valence-electron chi connectivity index (χ2n) is 3.34. The molecule has 0 radical (unpaired) electrons. The maximum atomic E-state index is 11.5. The molecule has 0 heterocycles. The Balaban J connectivity index is 2.53. The fraction of sp³-hybridized carbons (Fsp3) is 0.273. The number of rotatable bonds is 3. The highest BCUT2D eigenvalue weighted by molar-refractivity contribution is 6.33. The molecule has 1 rings (SSSR count). The first kappa shape index (κ1) is 12.3. The molecular formula is C11H12ClN3O. The minimum absolute atomic E-state index is 0.188. The van der Waals surface area contributed by atoms with Gasteiger partial charge in [-0.15, -0.1) is 0 Å². The van der Waals surface area contributed by atoms with Crippen molar-refractivity contribution in [2.75, 3.05) is 5.32 Å². The first-order chi connectivity index (χ1) is 7.63. The zero-order valence-corrected chi connectivity index (χ0v) is 9.58. The van der Waals surface area contributed by atoms with Crippen LogP contribution in [0.2, 0.25) is 5.02 Å². The summed E-state index contributed by atoms with van der Waals surface area (Å²) in [5.74, 6) is 0. The lowest BCUT2D eigenvalue weighted by Gasteiger charge is -2.12. The molecule has 1 aromatic carbocycles. The number of para-hydroxylation sites is 1. The molecular weight excluding hydrogens is 226 g/mol. The van der Waals surface area contributed by atoms with E-state index in [0.29, 0.717) is 10.7 Å². The number of hydrogen-bond donors (Lipinski definition) is 2. The van der Waals surface area contributed by atoms with Crippen LogP contribution in [-0.2, 0) is 0 Å². The van der Waals surface area contributed by atoms with Crippen LogP contribution in [0.3, 0.4) is 0 Å². The summed E-state index contributed by atoms with van der Waals surface area (Å²) in [5, 5.41) is 14.2. The third-order valence-corrected chi connectivity index (χ3v) is 2.23. The number of nitrogens with zero attached hydrogens (tertiary/aromatic N) is 1. The second kappa shape index (κ2) is 5.99. The van der Waals surface area contributed by atoms with Crippen LogP contribution in [0.1, 0.15) is 13.3 Å². The van der Waals surface area contributed by atoms with Crippen molar-refractivity contribution >= 4 is 23.3 Å². The van der Waals surface area contributed by atoms with Gasteiger partial charge in [-0.05, 0) is 19.1 Å². The maximum Gasteiger partial charge on any atom is 0.319 e. The minimum Gasteiger partial charge on any atom is -0.334 e. The quantitative estimate of drug-likeness (QED) is 0.849. The van der Waals surface area contributed by atoms with Gasteiger partial charge in [0.15, 0.2) is 0 Å². The van der Waals surface area contributed by atoms with Gasteiger partial charge in [0.1, 0.15) is 0 Å². The van der Waals surface area contributed by atoms with Crippen LogP contribution >= 0.6 is 11.6 Å². The van der Waals surface area contributed by atoms with Crippen LogP contribution in [0.15, 0.2) is 24.3 Å². The summed E-state index contributed by atoms with van der Waals surface area (Å²) in [6.07, 6.45) is 0.274. The van der Waals surface area contributed by atoms with Gasteiger partial charge in [0, 0.05) is 6.04 Å². The van der Waals surface area contributed by atoms with Crippen LogP contribution in [0, 0.1) is 11.3 Å². The topological polar surface area (TPSA) is 64.9 Å². The highest BCUT2D eigenvalue weighted by atomic mass is 35.5. The van der Waals surface area contributed by atoms with Crippen molar-refractivity contribution in [1.29, 1.82) is 5.26 Å². The number of carbonyl (C=O) groups excluding carboxylic acids is 1. The Morgan fingerprint density at radius 1 is 1.56 bits per heavy atom. The van der Waals surface area contributed by atoms with Gasteiger partial charge in [-0.3, -0.25) is 0 Å². The number of amides is 2. The maximum absolute atomic E-state index is 11.5. The first-order valence-corrected chi connectivity index (χ1v) is 5.20. The Labute approximate surface area is 99.2 Å². The molecule has 1 atom stereocenters. The van der Waals surface area contributed by atoms with Crippen molar-refractivity contribution in [1.82, 2.24) is 5.32 Å². The molecule has 0 saturated carbocycles. The van der Waals surface area contributed by atoms with Gasteiger partial charge < -0.3 is 10.6 Å². The van der Waals surface area contributed by atoms with E-state index in [4.69, 9.17) is 16.9 Å². The number of urea groups is 1. The van der Waals surface area contributed by atoms with E-state index in [1.807, 2.05) is 6.07 Å². The Morgan fingerprint density at radius 2 is 2.25 bits per heavy atom. The van der Waals surface area contributed by atoms with E-state index in [1.165, 1.54) is 0 Å². The number of nitriles is 1. The SMILES string of the molecule is CC(CC#N)NC(=O)Nc1ccccc1Cl. The molecule has 5 heteroatoms. The fourth-order valence-electron chi connectivity index (χ4n) is 1.13. The van der Waals surface area contributed by atoms with Crippen molar-refractivity contribution in [2.45, 2.75) is 19.4 Å². The van der Waals surface area contributed by atoms with Crippen LogP contribution in [0.5, 0.6) is 0 Å². The van der Waals surface area contributed by atoms with Gasteiger partial charge in [-0.1, -0.05) is 23.7 Å². The molecule has 0 aliphatic heterocycles. The van der Waals surface area contributed by atoms with Gasteiger partial charge >= 0.3 is 6.03 Å². The molecule has 1 aromatic rings. The zero-order valence-electron chi connectivity index (χ0n) is 8.83. The van der Waals surface area contributed by atoms with Crippen LogP contribution in [0.25, 0.3) is 0 Å². The molecule has 2 amide bonds. The van der Waals surface area contributed by atoms with Crippen molar-refractivity contribution in [3.63, 3.8) is 0 Å². The van der Waals surface area contributed by atoms with E-state index in [9.17, 15) is 4.79 Å². The van der Waals surface area contributed by atoms with Crippen LogP contribution in [-0.4, -0.2) is 12.1 Å². The van der Waals surface area contributed by atoms with Crippen molar-refractivity contribution in [2.24, 2.45) is 0 Å². The first-order valence-electron chi connectivity index (χ1n) is 4.82. The van der Waals surface area contributed by atoms with Gasteiger partial charge in [0.05, 0.1) is 23.2 Å². The average molecular weight is 238 g/mol. The van der Waals surface area contributed by atoms with Gasteiger partial charge in [-0.25, -0.2) is 4.79 Å². The average Bonchev–Trinajstić information content (AvgIpc) is 2.21. The molecule has 2 N–H and O–H groups in total. The minimum atomic E-state index is -0.365. The van der Waals surface area contributed by atoms with Gasteiger partial charge in [0.25, 0.3) is 0 Å². The zero-order chi connectivity index (χ0) is 12.0. The molecule has 0 spiro atoms. The summed E-state index contributed by atoms with van der Waals surface area (Å²) in [5.41, 5.74) is 0.547. The normalized spacial score (nSPS) is 11.3. The van der Waals surface area contributed by atoms with Crippen molar-refractivity contribution in [3.05, 3.63) is 29.3 Å². The fourth-order valence-corrected chi connectivity index (χ4v) is 1.32. The third-order valence-electron chi connectivity index (χ3n) is 1.90. The lowest BCUT2D eigenvalue weighted by Crippen LogP contribution is -2.35.